The Bertz CT molecular complexity index is 1860. The molecule has 5 aromatic rings. The number of nitrogens with one attached hydrogen (secondary N) is 1. The summed E-state index contributed by atoms with van der Waals surface area (Å²) in [6, 6.07) is 7.14. The first-order valence-corrected chi connectivity index (χ1v) is 15.4. The molecule has 7 rings (SSSR count). The van der Waals surface area contributed by atoms with E-state index in [1.807, 2.05) is 26.0 Å². The normalized spacial score (nSPS) is 16.5. The fourth-order valence-corrected chi connectivity index (χ4v) is 6.64. The van der Waals surface area contributed by atoms with Crippen LogP contribution in [0.25, 0.3) is 34.0 Å². The summed E-state index contributed by atoms with van der Waals surface area (Å²) in [5, 5.41) is 8.13. The van der Waals surface area contributed by atoms with Gasteiger partial charge in [-0.2, -0.15) is 13.2 Å². The Kier molecular flexibility index (Phi) is 7.37. The van der Waals surface area contributed by atoms with Crippen LogP contribution < -0.4 is 5.32 Å². The summed E-state index contributed by atoms with van der Waals surface area (Å²) in [7, 11) is 0. The van der Waals surface area contributed by atoms with Gasteiger partial charge in [-0.3, -0.25) is 0 Å². The third-order valence-electron chi connectivity index (χ3n) is 9.13. The minimum Gasteiger partial charge on any atom is -0.363 e. The van der Waals surface area contributed by atoms with Crippen LogP contribution in [0.3, 0.4) is 0 Å². The Labute approximate surface area is 258 Å². The molecule has 2 aliphatic rings. The molecular weight excluding hydrogens is 579 g/mol. The number of anilines is 1. The molecule has 1 aromatic carbocycles. The lowest BCUT2D eigenvalue weighted by atomic mass is 9.73. The molecule has 0 atom stereocenters. The van der Waals surface area contributed by atoms with E-state index in [4.69, 9.17) is 10.1 Å². The Morgan fingerprint density at radius 2 is 1.82 bits per heavy atom. The van der Waals surface area contributed by atoms with E-state index in [2.05, 4.69) is 31.3 Å². The van der Waals surface area contributed by atoms with E-state index >= 15 is 0 Å². The van der Waals surface area contributed by atoms with E-state index < -0.39 is 11.9 Å². The van der Waals surface area contributed by atoms with Gasteiger partial charge in [-0.25, -0.2) is 29.4 Å². The molecule has 0 amide bonds. The molecular formula is C33H34F3N9. The number of imidazole rings is 2. The highest BCUT2D eigenvalue weighted by Gasteiger charge is 2.36. The van der Waals surface area contributed by atoms with Crippen molar-refractivity contribution >= 4 is 17.0 Å². The number of aromatic nitrogens is 8. The SMILES string of the molecule is CC(C)n1cc(C(F)(F)F)nc1-c1ccc(CNc2nc(-c3cncnc3C3=CCC4(CCCC4)CC3)nn3ccnc23)cc1. The molecule has 12 heteroatoms. The largest absolute Gasteiger partial charge is 0.434 e. The van der Waals surface area contributed by atoms with Crippen molar-refractivity contribution in [3.05, 3.63) is 78.4 Å². The van der Waals surface area contributed by atoms with E-state index in [-0.39, 0.29) is 11.9 Å². The zero-order chi connectivity index (χ0) is 31.2. The monoisotopic (exact) mass is 613 g/mol. The molecule has 45 heavy (non-hydrogen) atoms. The molecule has 4 heterocycles. The summed E-state index contributed by atoms with van der Waals surface area (Å²) >= 11 is 0. The summed E-state index contributed by atoms with van der Waals surface area (Å²) in [6.45, 7) is 4.08. The second-order valence-electron chi connectivity index (χ2n) is 12.4. The molecule has 0 aliphatic heterocycles. The van der Waals surface area contributed by atoms with Gasteiger partial charge in [-0.05, 0) is 62.5 Å². The molecule has 0 saturated heterocycles. The van der Waals surface area contributed by atoms with Gasteiger partial charge in [0.15, 0.2) is 23.0 Å². The topological polar surface area (TPSA) is 98.7 Å². The van der Waals surface area contributed by atoms with Crippen LogP contribution in [0.4, 0.5) is 19.0 Å². The van der Waals surface area contributed by atoms with Gasteiger partial charge in [0.2, 0.25) is 0 Å². The maximum atomic E-state index is 13.4. The van der Waals surface area contributed by atoms with Crippen LogP contribution in [-0.4, -0.2) is 39.1 Å². The van der Waals surface area contributed by atoms with Crippen molar-refractivity contribution in [1.29, 1.82) is 0 Å². The number of allylic oxidation sites excluding steroid dienone is 2. The maximum Gasteiger partial charge on any atom is 0.434 e. The first kappa shape index (κ1) is 29.1. The van der Waals surface area contributed by atoms with Gasteiger partial charge in [0, 0.05) is 42.9 Å². The van der Waals surface area contributed by atoms with Crippen LogP contribution >= 0.6 is 0 Å². The third-order valence-corrected chi connectivity index (χ3v) is 9.13. The zero-order valence-corrected chi connectivity index (χ0v) is 25.2. The minimum absolute atomic E-state index is 0.178. The van der Waals surface area contributed by atoms with Gasteiger partial charge in [0.25, 0.3) is 0 Å². The molecule has 1 N–H and O–H groups in total. The molecule has 1 fully saturated rings. The highest BCUT2D eigenvalue weighted by molar-refractivity contribution is 5.77. The molecule has 1 saturated carbocycles. The van der Waals surface area contributed by atoms with E-state index in [0.29, 0.717) is 34.8 Å². The number of benzene rings is 1. The van der Waals surface area contributed by atoms with Gasteiger partial charge in [-0.15, -0.1) is 5.10 Å². The maximum absolute atomic E-state index is 13.4. The number of hydrogen-bond acceptors (Lipinski definition) is 7. The fourth-order valence-electron chi connectivity index (χ4n) is 6.64. The molecule has 0 radical (unpaired) electrons. The van der Waals surface area contributed by atoms with Crippen molar-refractivity contribution in [3.8, 4) is 22.8 Å². The number of halogens is 3. The average Bonchev–Trinajstić information content (AvgIpc) is 3.81. The average molecular weight is 614 g/mol. The van der Waals surface area contributed by atoms with Crippen LogP contribution in [0, 0.1) is 5.41 Å². The summed E-state index contributed by atoms with van der Waals surface area (Å²) in [5.74, 6) is 1.33. The minimum atomic E-state index is -4.51. The zero-order valence-electron chi connectivity index (χ0n) is 25.2. The van der Waals surface area contributed by atoms with Crippen LogP contribution in [0.2, 0.25) is 0 Å². The van der Waals surface area contributed by atoms with Crippen LogP contribution in [-0.2, 0) is 12.7 Å². The Morgan fingerprint density at radius 1 is 1.02 bits per heavy atom. The lowest BCUT2D eigenvalue weighted by Crippen LogP contribution is -2.19. The van der Waals surface area contributed by atoms with Gasteiger partial charge >= 0.3 is 6.18 Å². The Hall–Kier alpha value is -4.61. The van der Waals surface area contributed by atoms with E-state index in [1.165, 1.54) is 37.7 Å². The summed E-state index contributed by atoms with van der Waals surface area (Å²) in [5.41, 5.74) is 4.51. The first-order valence-electron chi connectivity index (χ1n) is 15.4. The second kappa shape index (κ2) is 11.4. The van der Waals surface area contributed by atoms with Crippen molar-refractivity contribution in [2.75, 3.05) is 5.32 Å². The lowest BCUT2D eigenvalue weighted by Gasteiger charge is -2.32. The molecule has 9 nitrogen and oxygen atoms in total. The molecule has 1 spiro atoms. The predicted molar refractivity (Wildman–Crippen MR) is 165 cm³/mol. The molecule has 0 bridgehead atoms. The van der Waals surface area contributed by atoms with Crippen molar-refractivity contribution in [2.45, 2.75) is 77.6 Å². The Balaban J connectivity index is 1.14. The van der Waals surface area contributed by atoms with Gasteiger partial charge in [0.1, 0.15) is 12.2 Å². The second-order valence-corrected chi connectivity index (χ2v) is 12.4. The predicted octanol–water partition coefficient (Wildman–Crippen LogP) is 7.78. The van der Waals surface area contributed by atoms with E-state index in [9.17, 15) is 13.2 Å². The standard InChI is InChI=1S/C33H34F3N9/c1-21(2)44-19-26(33(34,35)36)41-30(44)24-7-5-22(6-8-24)17-39-29-31-38-15-16-45(31)43-28(42-29)25-18-37-20-40-27(25)23-9-13-32(14-10-23)11-3-4-12-32/h5-9,15-16,18-21H,3-4,10-14,17H2,1-2H3,(H,39,42,43). The van der Waals surface area contributed by atoms with Gasteiger partial charge in [0.05, 0.1) is 11.3 Å². The fraction of sp³-hybridized carbons (Fsp3) is 0.394. The van der Waals surface area contributed by atoms with Crippen LogP contribution in [0.5, 0.6) is 0 Å². The number of fused-ring (bicyclic) bond motifs is 1. The Morgan fingerprint density at radius 3 is 2.53 bits per heavy atom. The van der Waals surface area contributed by atoms with Gasteiger partial charge in [-0.1, -0.05) is 43.2 Å². The lowest BCUT2D eigenvalue weighted by molar-refractivity contribution is -0.140. The van der Waals surface area contributed by atoms with E-state index in [1.54, 1.807) is 46.1 Å². The number of nitrogens with zero attached hydrogens (tertiary/aromatic N) is 8. The van der Waals surface area contributed by atoms with Crippen molar-refractivity contribution in [1.82, 2.24) is 39.1 Å². The van der Waals surface area contributed by atoms with Gasteiger partial charge < -0.3 is 9.88 Å². The summed E-state index contributed by atoms with van der Waals surface area (Å²) in [4.78, 5) is 22.2. The molecule has 0 unspecified atom stereocenters. The highest BCUT2D eigenvalue weighted by atomic mass is 19.4. The van der Waals surface area contributed by atoms with E-state index in [0.717, 1.165) is 35.9 Å². The van der Waals surface area contributed by atoms with Crippen molar-refractivity contribution < 1.29 is 13.2 Å². The quantitative estimate of drug-likeness (QED) is 0.200. The number of alkyl halides is 3. The third kappa shape index (κ3) is 5.69. The summed E-state index contributed by atoms with van der Waals surface area (Å²) < 4.78 is 43.4. The van der Waals surface area contributed by atoms with Crippen LogP contribution in [0.15, 0.2) is 61.5 Å². The highest BCUT2D eigenvalue weighted by Crippen LogP contribution is 2.50. The molecule has 2 aliphatic carbocycles. The number of hydrogen-bond donors (Lipinski definition) is 1. The van der Waals surface area contributed by atoms with Crippen molar-refractivity contribution in [3.63, 3.8) is 0 Å². The molecule has 4 aromatic heterocycles. The molecule has 232 valence electrons. The smallest absolute Gasteiger partial charge is 0.363 e. The van der Waals surface area contributed by atoms with Crippen LogP contribution in [0.1, 0.15) is 81.8 Å². The summed E-state index contributed by atoms with van der Waals surface area (Å²) in [6.07, 6.45) is 14.2. The number of rotatable bonds is 7. The van der Waals surface area contributed by atoms with Crippen molar-refractivity contribution in [2.24, 2.45) is 5.41 Å². The first-order chi connectivity index (χ1) is 21.7.